The van der Waals surface area contributed by atoms with Gasteiger partial charge in [0, 0.05) is 12.6 Å². The van der Waals surface area contributed by atoms with Crippen LogP contribution in [0.1, 0.15) is 37.5 Å². The summed E-state index contributed by atoms with van der Waals surface area (Å²) >= 11 is 12.7. The number of nitrogens with one attached hydrogen (secondary N) is 1. The Balaban J connectivity index is 2.09. The van der Waals surface area contributed by atoms with Gasteiger partial charge in [0.2, 0.25) is 11.8 Å². The fraction of sp³-hybridized carbons (Fsp3) is 0.310. The summed E-state index contributed by atoms with van der Waals surface area (Å²) in [5, 5.41) is 2.98. The zero-order valence-corrected chi connectivity index (χ0v) is 24.9. The minimum absolute atomic E-state index is 0.00120. The molecule has 0 radical (unpaired) electrons. The van der Waals surface area contributed by atoms with Crippen molar-refractivity contribution >= 4 is 50.7 Å². The van der Waals surface area contributed by atoms with Crippen LogP contribution in [-0.2, 0) is 26.2 Å². The molecule has 0 fully saturated rings. The highest BCUT2D eigenvalue weighted by molar-refractivity contribution is 7.92. The van der Waals surface area contributed by atoms with Crippen LogP contribution in [0, 0.1) is 13.8 Å². The molecule has 3 aromatic rings. The van der Waals surface area contributed by atoms with Crippen LogP contribution >= 0.6 is 23.2 Å². The van der Waals surface area contributed by atoms with Crippen LogP contribution in [0.2, 0.25) is 10.0 Å². The summed E-state index contributed by atoms with van der Waals surface area (Å²) < 4.78 is 28.8. The van der Waals surface area contributed by atoms with Gasteiger partial charge in [0.1, 0.15) is 12.6 Å². The van der Waals surface area contributed by atoms with Gasteiger partial charge in [-0.05, 0) is 70.0 Å². The summed E-state index contributed by atoms with van der Waals surface area (Å²) in [5.74, 6) is -0.919. The quantitative estimate of drug-likeness (QED) is 0.326. The zero-order chi connectivity index (χ0) is 28.9. The average molecular weight is 591 g/mol. The van der Waals surface area contributed by atoms with E-state index in [-0.39, 0.29) is 39.1 Å². The van der Waals surface area contributed by atoms with E-state index in [1.54, 1.807) is 25.1 Å². The molecule has 1 N–H and O–H groups in total. The van der Waals surface area contributed by atoms with Gasteiger partial charge in [-0.2, -0.15) is 0 Å². The monoisotopic (exact) mass is 589 g/mol. The second kappa shape index (κ2) is 12.9. The first-order valence-corrected chi connectivity index (χ1v) is 14.7. The third-order valence-corrected chi connectivity index (χ3v) is 8.87. The van der Waals surface area contributed by atoms with Gasteiger partial charge in [0.25, 0.3) is 10.0 Å². The second-order valence-electron chi connectivity index (χ2n) is 9.69. The number of aryl methyl sites for hydroxylation is 2. The normalized spacial score (nSPS) is 12.2. The number of hydrogen-bond acceptors (Lipinski definition) is 4. The van der Waals surface area contributed by atoms with Crippen LogP contribution in [-0.4, -0.2) is 43.8 Å². The Morgan fingerprint density at radius 2 is 1.54 bits per heavy atom. The SMILES string of the molecule is Cc1ccc(S(=O)(=O)N(CC(=O)N(Cc2ccccc2C)[C@@H](C)C(=O)NC(C)C)c2cccc(Cl)c2Cl)cc1. The topological polar surface area (TPSA) is 86.8 Å². The lowest BCUT2D eigenvalue weighted by Gasteiger charge is -2.33. The van der Waals surface area contributed by atoms with Gasteiger partial charge in [-0.25, -0.2) is 8.42 Å². The highest BCUT2D eigenvalue weighted by Crippen LogP contribution is 2.35. The molecule has 0 aromatic heterocycles. The minimum Gasteiger partial charge on any atom is -0.352 e. The molecule has 0 saturated carbocycles. The first kappa shape index (κ1) is 30.5. The fourth-order valence-corrected chi connectivity index (χ4v) is 5.87. The maximum atomic E-state index is 14.0. The van der Waals surface area contributed by atoms with Crippen molar-refractivity contribution in [1.29, 1.82) is 0 Å². The van der Waals surface area contributed by atoms with Crippen LogP contribution in [0.3, 0.4) is 0 Å². The van der Waals surface area contributed by atoms with Crippen molar-refractivity contribution in [2.75, 3.05) is 10.8 Å². The van der Waals surface area contributed by atoms with Gasteiger partial charge in [-0.3, -0.25) is 13.9 Å². The number of sulfonamides is 1. The number of nitrogens with zero attached hydrogens (tertiary/aromatic N) is 2. The van der Waals surface area contributed by atoms with Gasteiger partial charge < -0.3 is 10.2 Å². The predicted octanol–water partition coefficient (Wildman–Crippen LogP) is 5.75. The Bertz CT molecular complexity index is 1440. The number of amides is 2. The van der Waals surface area contributed by atoms with Crippen molar-refractivity contribution in [3.8, 4) is 0 Å². The molecule has 1 atom stereocenters. The molecule has 3 aromatic carbocycles. The lowest BCUT2D eigenvalue weighted by Crippen LogP contribution is -2.52. The Labute approximate surface area is 240 Å². The number of benzene rings is 3. The minimum atomic E-state index is -4.24. The molecule has 0 aliphatic rings. The third kappa shape index (κ3) is 7.32. The summed E-state index contributed by atoms with van der Waals surface area (Å²) in [6, 6.07) is 17.4. The number of anilines is 1. The second-order valence-corrected chi connectivity index (χ2v) is 12.3. The highest BCUT2D eigenvalue weighted by atomic mass is 35.5. The Morgan fingerprint density at radius 3 is 2.15 bits per heavy atom. The fourth-order valence-electron chi connectivity index (χ4n) is 3.99. The van der Waals surface area contributed by atoms with Crippen molar-refractivity contribution in [3.63, 3.8) is 0 Å². The molecule has 0 spiro atoms. The third-order valence-electron chi connectivity index (χ3n) is 6.29. The van der Waals surface area contributed by atoms with Crippen molar-refractivity contribution in [1.82, 2.24) is 10.2 Å². The standard InChI is InChI=1S/C29H33Cl2N3O4S/c1-19(2)32-29(36)22(5)33(17-23-10-7-6-9-21(23)4)27(35)18-34(26-12-8-11-25(30)28(26)31)39(37,38)24-15-13-20(3)14-16-24/h6-16,19,22H,17-18H2,1-5H3,(H,32,36)/t22-/m0/s1. The lowest BCUT2D eigenvalue weighted by molar-refractivity contribution is -0.139. The molecule has 0 unspecified atom stereocenters. The molecule has 7 nitrogen and oxygen atoms in total. The van der Waals surface area contributed by atoms with E-state index in [4.69, 9.17) is 23.2 Å². The predicted molar refractivity (Wildman–Crippen MR) is 157 cm³/mol. The molecule has 3 rings (SSSR count). The molecule has 0 aliphatic carbocycles. The first-order valence-electron chi connectivity index (χ1n) is 12.5. The molecule has 208 valence electrons. The lowest BCUT2D eigenvalue weighted by atomic mass is 10.1. The van der Waals surface area contributed by atoms with E-state index in [1.165, 1.54) is 29.2 Å². The summed E-state index contributed by atoms with van der Waals surface area (Å²) in [7, 11) is -4.24. The van der Waals surface area contributed by atoms with Crippen molar-refractivity contribution in [2.45, 2.75) is 58.1 Å². The van der Waals surface area contributed by atoms with Crippen LogP contribution < -0.4 is 9.62 Å². The van der Waals surface area contributed by atoms with Crippen molar-refractivity contribution in [3.05, 3.63) is 93.5 Å². The van der Waals surface area contributed by atoms with Gasteiger partial charge in [0.15, 0.2) is 0 Å². The van der Waals surface area contributed by atoms with Crippen molar-refractivity contribution < 1.29 is 18.0 Å². The molecule has 10 heteroatoms. The van der Waals surface area contributed by atoms with Gasteiger partial charge in [0.05, 0.1) is 20.6 Å². The van der Waals surface area contributed by atoms with Crippen LogP contribution in [0.15, 0.2) is 71.6 Å². The van der Waals surface area contributed by atoms with Crippen molar-refractivity contribution in [2.24, 2.45) is 0 Å². The summed E-state index contributed by atoms with van der Waals surface area (Å²) in [6.45, 7) is 8.56. The summed E-state index contributed by atoms with van der Waals surface area (Å²) in [5.41, 5.74) is 2.72. The van der Waals surface area contributed by atoms with E-state index in [1.807, 2.05) is 52.0 Å². The average Bonchev–Trinajstić information content (AvgIpc) is 2.88. The van der Waals surface area contributed by atoms with Crippen LogP contribution in [0.4, 0.5) is 5.69 Å². The number of halogens is 2. The zero-order valence-electron chi connectivity index (χ0n) is 22.6. The number of carbonyl (C=O) groups excluding carboxylic acids is 2. The van der Waals surface area contributed by atoms with E-state index in [2.05, 4.69) is 5.32 Å². The first-order chi connectivity index (χ1) is 18.3. The molecule has 0 heterocycles. The van der Waals surface area contributed by atoms with Gasteiger partial charge >= 0.3 is 0 Å². The smallest absolute Gasteiger partial charge is 0.264 e. The number of hydrogen-bond donors (Lipinski definition) is 1. The van der Waals surface area contributed by atoms with Gasteiger partial charge in [-0.15, -0.1) is 0 Å². The largest absolute Gasteiger partial charge is 0.352 e. The van der Waals surface area contributed by atoms with E-state index in [0.29, 0.717) is 0 Å². The summed E-state index contributed by atoms with van der Waals surface area (Å²) in [6.07, 6.45) is 0. The molecule has 0 aliphatic heterocycles. The molecule has 39 heavy (non-hydrogen) atoms. The summed E-state index contributed by atoms with van der Waals surface area (Å²) in [4.78, 5) is 28.3. The molecular weight excluding hydrogens is 557 g/mol. The maximum absolute atomic E-state index is 14.0. The van der Waals surface area contributed by atoms with Crippen LogP contribution in [0.5, 0.6) is 0 Å². The van der Waals surface area contributed by atoms with E-state index >= 15 is 0 Å². The maximum Gasteiger partial charge on any atom is 0.264 e. The molecular formula is C29H33Cl2N3O4S. The van der Waals surface area contributed by atoms with E-state index in [9.17, 15) is 18.0 Å². The Morgan fingerprint density at radius 1 is 0.897 bits per heavy atom. The molecule has 0 saturated heterocycles. The number of rotatable bonds is 10. The molecule has 2 amide bonds. The highest BCUT2D eigenvalue weighted by Gasteiger charge is 2.34. The van der Waals surface area contributed by atoms with E-state index in [0.717, 1.165) is 21.0 Å². The molecule has 0 bridgehead atoms. The van der Waals surface area contributed by atoms with E-state index < -0.39 is 28.5 Å². The van der Waals surface area contributed by atoms with Gasteiger partial charge in [-0.1, -0.05) is 71.2 Å². The Hall–Kier alpha value is -3.07. The number of carbonyl (C=O) groups is 2. The Kier molecular flexibility index (Phi) is 10.0. The van der Waals surface area contributed by atoms with Crippen LogP contribution in [0.25, 0.3) is 0 Å².